The van der Waals surface area contributed by atoms with Gasteiger partial charge in [0, 0.05) is 13.1 Å². The molecule has 0 saturated carbocycles. The van der Waals surface area contributed by atoms with E-state index >= 15 is 0 Å². The zero-order valence-electron chi connectivity index (χ0n) is 14.7. The summed E-state index contributed by atoms with van der Waals surface area (Å²) in [5.74, 6) is 0.534. The van der Waals surface area contributed by atoms with Gasteiger partial charge in [-0.05, 0) is 38.3 Å². The molecular weight excluding hydrogens is 322 g/mol. The van der Waals surface area contributed by atoms with Crippen molar-refractivity contribution >= 4 is 28.6 Å². The summed E-state index contributed by atoms with van der Waals surface area (Å²) in [5, 5.41) is 3.85. The fourth-order valence-corrected chi connectivity index (χ4v) is 3.35. The summed E-state index contributed by atoms with van der Waals surface area (Å²) in [6.45, 7) is 9.21. The highest BCUT2D eigenvalue weighted by atomic mass is 32.2. The Morgan fingerprint density at radius 2 is 2.00 bits per heavy atom. The van der Waals surface area contributed by atoms with E-state index in [1.165, 1.54) is 11.8 Å². The van der Waals surface area contributed by atoms with Gasteiger partial charge < -0.3 is 5.32 Å². The third-order valence-electron chi connectivity index (χ3n) is 3.82. The van der Waals surface area contributed by atoms with Gasteiger partial charge in [0.05, 0.1) is 16.2 Å². The molecule has 1 aromatic carbocycles. The van der Waals surface area contributed by atoms with Crippen molar-refractivity contribution in [3.05, 3.63) is 34.6 Å². The Kier molecular flexibility index (Phi) is 6.43. The molecule has 0 fully saturated rings. The van der Waals surface area contributed by atoms with Crippen molar-refractivity contribution in [2.75, 3.05) is 6.54 Å². The van der Waals surface area contributed by atoms with Gasteiger partial charge in [-0.2, -0.15) is 0 Å². The van der Waals surface area contributed by atoms with Crippen molar-refractivity contribution in [2.24, 2.45) is 5.92 Å². The van der Waals surface area contributed by atoms with Gasteiger partial charge in [-0.25, -0.2) is 4.98 Å². The molecule has 1 amide bonds. The highest BCUT2D eigenvalue weighted by Gasteiger charge is 2.18. The lowest BCUT2D eigenvalue weighted by Gasteiger charge is -2.15. The molecule has 0 aliphatic rings. The molecule has 2 aromatic rings. The van der Waals surface area contributed by atoms with Crippen LogP contribution in [0.3, 0.4) is 0 Å². The highest BCUT2D eigenvalue weighted by Crippen LogP contribution is 2.22. The number of benzene rings is 1. The maximum atomic E-state index is 12.6. The molecule has 1 atom stereocenters. The van der Waals surface area contributed by atoms with Crippen LogP contribution in [-0.4, -0.2) is 27.3 Å². The minimum absolute atomic E-state index is 0.0225. The molecule has 0 bridgehead atoms. The van der Waals surface area contributed by atoms with E-state index in [1.54, 1.807) is 10.6 Å². The number of thioether (sulfide) groups is 1. The van der Waals surface area contributed by atoms with E-state index in [4.69, 9.17) is 0 Å². The summed E-state index contributed by atoms with van der Waals surface area (Å²) < 4.78 is 1.63. The van der Waals surface area contributed by atoms with Gasteiger partial charge in [-0.1, -0.05) is 37.7 Å². The zero-order valence-corrected chi connectivity index (χ0v) is 15.5. The number of para-hydroxylation sites is 1. The third kappa shape index (κ3) is 4.38. The van der Waals surface area contributed by atoms with E-state index in [0.717, 1.165) is 6.42 Å². The molecule has 6 heteroatoms. The number of nitrogens with one attached hydrogen (secondary N) is 1. The van der Waals surface area contributed by atoms with Crippen molar-refractivity contribution in [1.29, 1.82) is 0 Å². The fraction of sp³-hybridized carbons (Fsp3) is 0.500. The van der Waals surface area contributed by atoms with Crippen molar-refractivity contribution in [3.8, 4) is 0 Å². The maximum absolute atomic E-state index is 12.6. The molecule has 24 heavy (non-hydrogen) atoms. The highest BCUT2D eigenvalue weighted by molar-refractivity contribution is 8.00. The second kappa shape index (κ2) is 8.33. The van der Waals surface area contributed by atoms with E-state index in [0.29, 0.717) is 35.1 Å². The number of hydrogen-bond donors (Lipinski definition) is 1. The Bertz CT molecular complexity index is 770. The first-order valence-electron chi connectivity index (χ1n) is 8.38. The first-order valence-corrected chi connectivity index (χ1v) is 9.26. The molecule has 1 heterocycles. The van der Waals surface area contributed by atoms with E-state index in [2.05, 4.69) is 24.1 Å². The monoisotopic (exact) mass is 347 g/mol. The third-order valence-corrected chi connectivity index (χ3v) is 4.91. The van der Waals surface area contributed by atoms with Gasteiger partial charge >= 0.3 is 0 Å². The molecule has 5 nitrogen and oxygen atoms in total. The second-order valence-corrected chi connectivity index (χ2v) is 7.50. The number of carbonyl (C=O) groups is 1. The minimum Gasteiger partial charge on any atom is -0.355 e. The van der Waals surface area contributed by atoms with Crippen molar-refractivity contribution in [3.63, 3.8) is 0 Å². The van der Waals surface area contributed by atoms with Gasteiger partial charge in [-0.15, -0.1) is 0 Å². The van der Waals surface area contributed by atoms with Crippen molar-refractivity contribution in [1.82, 2.24) is 14.9 Å². The summed E-state index contributed by atoms with van der Waals surface area (Å²) in [4.78, 5) is 29.4. The Balaban J connectivity index is 2.19. The van der Waals surface area contributed by atoms with Gasteiger partial charge in [0.25, 0.3) is 5.56 Å². The SMILES string of the molecule is CCn1c(SC(C)C(=O)NCCC(C)C)nc2ccccc2c1=O. The molecule has 0 aliphatic heterocycles. The molecule has 0 spiro atoms. The van der Waals surface area contributed by atoms with Gasteiger partial charge in [0.1, 0.15) is 0 Å². The second-order valence-electron chi connectivity index (χ2n) is 6.19. The fourth-order valence-electron chi connectivity index (χ4n) is 2.36. The normalized spacial score (nSPS) is 12.5. The van der Waals surface area contributed by atoms with E-state index in [-0.39, 0.29) is 16.7 Å². The molecular formula is C18H25N3O2S. The molecule has 0 saturated heterocycles. The van der Waals surface area contributed by atoms with Crippen LogP contribution in [0.4, 0.5) is 0 Å². The van der Waals surface area contributed by atoms with Crippen LogP contribution in [0, 0.1) is 5.92 Å². The number of nitrogens with zero attached hydrogens (tertiary/aromatic N) is 2. The van der Waals surface area contributed by atoms with Crippen LogP contribution in [0.15, 0.2) is 34.2 Å². The zero-order chi connectivity index (χ0) is 17.7. The standard InChI is InChI=1S/C18H25N3O2S/c1-5-21-17(23)14-8-6-7-9-15(14)20-18(21)24-13(4)16(22)19-11-10-12(2)3/h6-9,12-13H,5,10-11H2,1-4H3,(H,19,22). The van der Waals surface area contributed by atoms with Crippen LogP contribution in [0.25, 0.3) is 10.9 Å². The summed E-state index contributed by atoms with van der Waals surface area (Å²) in [7, 11) is 0. The lowest BCUT2D eigenvalue weighted by atomic mass is 10.1. The molecule has 0 radical (unpaired) electrons. The van der Waals surface area contributed by atoms with Crippen LogP contribution in [-0.2, 0) is 11.3 Å². The van der Waals surface area contributed by atoms with E-state index in [1.807, 2.05) is 32.0 Å². The first-order chi connectivity index (χ1) is 11.4. The number of amides is 1. The van der Waals surface area contributed by atoms with Crippen LogP contribution >= 0.6 is 11.8 Å². The predicted molar refractivity (Wildman–Crippen MR) is 99.5 cm³/mol. The first kappa shape index (κ1) is 18.5. The number of hydrogen-bond acceptors (Lipinski definition) is 4. The molecule has 1 aromatic heterocycles. The molecule has 0 aliphatic carbocycles. The van der Waals surface area contributed by atoms with Crippen molar-refractivity contribution in [2.45, 2.75) is 51.1 Å². The molecule has 130 valence electrons. The Morgan fingerprint density at radius 1 is 1.29 bits per heavy atom. The quantitative estimate of drug-likeness (QED) is 0.617. The smallest absolute Gasteiger partial charge is 0.262 e. The Hall–Kier alpha value is -1.82. The Labute approximate surface area is 146 Å². The van der Waals surface area contributed by atoms with E-state index < -0.39 is 0 Å². The van der Waals surface area contributed by atoms with Crippen LogP contribution in [0.5, 0.6) is 0 Å². The predicted octanol–water partition coefficient (Wildman–Crippen LogP) is 3.06. The number of rotatable bonds is 7. The minimum atomic E-state index is -0.303. The van der Waals surface area contributed by atoms with Crippen molar-refractivity contribution < 1.29 is 4.79 Å². The Morgan fingerprint density at radius 3 is 2.67 bits per heavy atom. The molecule has 2 rings (SSSR count). The summed E-state index contributed by atoms with van der Waals surface area (Å²) in [6.07, 6.45) is 0.955. The topological polar surface area (TPSA) is 64.0 Å². The number of aromatic nitrogens is 2. The average Bonchev–Trinajstić information content (AvgIpc) is 2.54. The average molecular weight is 347 g/mol. The summed E-state index contributed by atoms with van der Waals surface area (Å²) >= 11 is 1.33. The lowest BCUT2D eigenvalue weighted by molar-refractivity contribution is -0.120. The summed E-state index contributed by atoms with van der Waals surface area (Å²) in [6, 6.07) is 7.31. The van der Waals surface area contributed by atoms with Crippen LogP contribution < -0.4 is 10.9 Å². The lowest BCUT2D eigenvalue weighted by Crippen LogP contribution is -2.33. The molecule has 1 N–H and O–H groups in total. The number of fused-ring (bicyclic) bond motifs is 1. The van der Waals surface area contributed by atoms with E-state index in [9.17, 15) is 9.59 Å². The van der Waals surface area contributed by atoms with Crippen LogP contribution in [0.1, 0.15) is 34.1 Å². The largest absolute Gasteiger partial charge is 0.355 e. The maximum Gasteiger partial charge on any atom is 0.262 e. The number of carbonyl (C=O) groups excluding carboxylic acids is 1. The van der Waals surface area contributed by atoms with Gasteiger partial charge in [-0.3, -0.25) is 14.2 Å². The molecule has 1 unspecified atom stereocenters. The van der Waals surface area contributed by atoms with Crippen LogP contribution in [0.2, 0.25) is 0 Å². The van der Waals surface area contributed by atoms with Gasteiger partial charge in [0.15, 0.2) is 5.16 Å². The summed E-state index contributed by atoms with van der Waals surface area (Å²) in [5.41, 5.74) is 0.611. The van der Waals surface area contributed by atoms with Gasteiger partial charge in [0.2, 0.25) is 5.91 Å².